The van der Waals surface area contributed by atoms with Gasteiger partial charge in [0.25, 0.3) is 0 Å². The third-order valence-corrected chi connectivity index (χ3v) is 3.70. The molecule has 0 fully saturated rings. The highest BCUT2D eigenvalue weighted by Crippen LogP contribution is 2.22. The zero-order valence-electron chi connectivity index (χ0n) is 10.7. The van der Waals surface area contributed by atoms with Crippen LogP contribution < -0.4 is 4.74 Å². The Labute approximate surface area is 126 Å². The van der Waals surface area contributed by atoms with Gasteiger partial charge in [0.15, 0.2) is 12.4 Å². The van der Waals surface area contributed by atoms with Crippen molar-refractivity contribution in [1.29, 1.82) is 0 Å². The fourth-order valence-electron chi connectivity index (χ4n) is 1.73. The SMILES string of the molecule is CCc1ccc(OCC(=O)c2ccccc2)c(I)c1. The van der Waals surface area contributed by atoms with E-state index in [-0.39, 0.29) is 12.4 Å². The number of ether oxygens (including phenoxy) is 1. The lowest BCUT2D eigenvalue weighted by Crippen LogP contribution is -2.12. The molecule has 0 heterocycles. The Kier molecular flexibility index (Phi) is 4.96. The van der Waals surface area contributed by atoms with E-state index in [1.54, 1.807) is 12.1 Å². The van der Waals surface area contributed by atoms with Crippen molar-refractivity contribution < 1.29 is 9.53 Å². The van der Waals surface area contributed by atoms with Crippen molar-refractivity contribution in [3.8, 4) is 5.75 Å². The summed E-state index contributed by atoms with van der Waals surface area (Å²) in [5.41, 5.74) is 1.95. The molecule has 0 radical (unpaired) electrons. The lowest BCUT2D eigenvalue weighted by molar-refractivity contribution is 0.0921. The Morgan fingerprint density at radius 2 is 1.89 bits per heavy atom. The number of Topliss-reactive ketones (excluding diaryl/α,β-unsaturated/α-hetero) is 1. The minimum absolute atomic E-state index is 0.00373. The van der Waals surface area contributed by atoms with E-state index in [0.29, 0.717) is 5.56 Å². The van der Waals surface area contributed by atoms with Crippen molar-refractivity contribution in [2.75, 3.05) is 6.61 Å². The molecule has 19 heavy (non-hydrogen) atoms. The van der Waals surface area contributed by atoms with Crippen molar-refractivity contribution in [3.63, 3.8) is 0 Å². The van der Waals surface area contributed by atoms with Gasteiger partial charge in [0.05, 0.1) is 3.57 Å². The van der Waals surface area contributed by atoms with Gasteiger partial charge in [-0.2, -0.15) is 0 Å². The van der Waals surface area contributed by atoms with E-state index in [9.17, 15) is 4.79 Å². The number of ketones is 1. The second kappa shape index (κ2) is 6.70. The average molecular weight is 366 g/mol. The van der Waals surface area contributed by atoms with Gasteiger partial charge in [-0.25, -0.2) is 0 Å². The molecule has 0 aliphatic carbocycles. The van der Waals surface area contributed by atoms with E-state index >= 15 is 0 Å². The number of hydrogen-bond donors (Lipinski definition) is 0. The molecule has 0 aliphatic heterocycles. The second-order valence-corrected chi connectivity index (χ2v) is 5.36. The number of benzene rings is 2. The fourth-order valence-corrected chi connectivity index (χ4v) is 2.47. The number of carbonyl (C=O) groups is 1. The first-order chi connectivity index (χ1) is 9.20. The van der Waals surface area contributed by atoms with E-state index < -0.39 is 0 Å². The smallest absolute Gasteiger partial charge is 0.200 e. The van der Waals surface area contributed by atoms with Crippen LogP contribution in [0, 0.1) is 3.57 Å². The summed E-state index contributed by atoms with van der Waals surface area (Å²) >= 11 is 2.23. The molecule has 0 saturated heterocycles. The highest BCUT2D eigenvalue weighted by Gasteiger charge is 2.08. The minimum atomic E-state index is -0.00373. The Bertz CT molecular complexity index is 564. The summed E-state index contributed by atoms with van der Waals surface area (Å²) in [7, 11) is 0. The van der Waals surface area contributed by atoms with Gasteiger partial charge >= 0.3 is 0 Å². The topological polar surface area (TPSA) is 26.3 Å². The highest BCUT2D eigenvalue weighted by molar-refractivity contribution is 14.1. The minimum Gasteiger partial charge on any atom is -0.484 e. The molecule has 0 bridgehead atoms. The van der Waals surface area contributed by atoms with E-state index in [2.05, 4.69) is 35.6 Å². The zero-order valence-corrected chi connectivity index (χ0v) is 12.9. The lowest BCUT2D eigenvalue weighted by Gasteiger charge is -2.08. The molecule has 0 aliphatic rings. The largest absolute Gasteiger partial charge is 0.484 e. The van der Waals surface area contributed by atoms with Crippen molar-refractivity contribution >= 4 is 28.4 Å². The fraction of sp³-hybridized carbons (Fsp3) is 0.188. The Balaban J connectivity index is 2.01. The van der Waals surface area contributed by atoms with Gasteiger partial charge in [0, 0.05) is 5.56 Å². The first-order valence-corrected chi connectivity index (χ1v) is 7.28. The molecule has 0 atom stereocenters. The molecular formula is C16H15IO2. The molecule has 2 nitrogen and oxygen atoms in total. The van der Waals surface area contributed by atoms with Gasteiger partial charge in [-0.05, 0) is 46.7 Å². The summed E-state index contributed by atoms with van der Waals surface area (Å²) in [6.45, 7) is 2.19. The second-order valence-electron chi connectivity index (χ2n) is 4.20. The maximum Gasteiger partial charge on any atom is 0.200 e. The van der Waals surface area contributed by atoms with Crippen LogP contribution in [0.5, 0.6) is 5.75 Å². The van der Waals surface area contributed by atoms with Gasteiger partial charge in [-0.3, -0.25) is 4.79 Å². The molecule has 0 N–H and O–H groups in total. The lowest BCUT2D eigenvalue weighted by atomic mass is 10.1. The molecule has 3 heteroatoms. The first kappa shape index (κ1) is 14.1. The summed E-state index contributed by atoms with van der Waals surface area (Å²) in [6, 6.07) is 15.3. The summed E-state index contributed by atoms with van der Waals surface area (Å²) < 4.78 is 6.64. The quantitative estimate of drug-likeness (QED) is 0.588. The molecule has 0 amide bonds. The van der Waals surface area contributed by atoms with E-state index in [4.69, 9.17) is 4.74 Å². The monoisotopic (exact) mass is 366 g/mol. The molecule has 2 aromatic carbocycles. The summed E-state index contributed by atoms with van der Waals surface area (Å²) in [5.74, 6) is 0.762. The zero-order chi connectivity index (χ0) is 13.7. The Morgan fingerprint density at radius 1 is 1.16 bits per heavy atom. The van der Waals surface area contributed by atoms with Crippen LogP contribution in [0.2, 0.25) is 0 Å². The van der Waals surface area contributed by atoms with Crippen molar-refractivity contribution in [3.05, 3.63) is 63.2 Å². The molecule has 0 aromatic heterocycles. The van der Waals surface area contributed by atoms with Gasteiger partial charge in [0.1, 0.15) is 5.75 Å². The van der Waals surface area contributed by atoms with Crippen LogP contribution in [-0.2, 0) is 6.42 Å². The van der Waals surface area contributed by atoms with Crippen LogP contribution in [0.15, 0.2) is 48.5 Å². The van der Waals surface area contributed by atoms with Crippen LogP contribution in [0.1, 0.15) is 22.8 Å². The predicted molar refractivity (Wildman–Crippen MR) is 84.8 cm³/mol. The van der Waals surface area contributed by atoms with Crippen molar-refractivity contribution in [1.82, 2.24) is 0 Å². The molecule has 0 unspecified atom stereocenters. The van der Waals surface area contributed by atoms with E-state index in [1.165, 1.54) is 5.56 Å². The molecular weight excluding hydrogens is 351 g/mol. The standard InChI is InChI=1S/C16H15IO2/c1-2-12-8-9-16(14(17)10-12)19-11-15(18)13-6-4-3-5-7-13/h3-10H,2,11H2,1H3. The highest BCUT2D eigenvalue weighted by atomic mass is 127. The molecule has 0 saturated carbocycles. The number of carbonyl (C=O) groups excluding carboxylic acids is 1. The third kappa shape index (κ3) is 3.80. The Hall–Kier alpha value is -1.36. The van der Waals surface area contributed by atoms with Crippen LogP contribution in [0.3, 0.4) is 0 Å². The Morgan fingerprint density at radius 3 is 2.53 bits per heavy atom. The first-order valence-electron chi connectivity index (χ1n) is 6.20. The number of hydrogen-bond acceptors (Lipinski definition) is 2. The predicted octanol–water partition coefficient (Wildman–Crippen LogP) is 4.12. The van der Waals surface area contributed by atoms with Crippen molar-refractivity contribution in [2.45, 2.75) is 13.3 Å². The van der Waals surface area contributed by atoms with Crippen LogP contribution in [0.4, 0.5) is 0 Å². The van der Waals surface area contributed by atoms with Gasteiger partial charge in [-0.1, -0.05) is 43.3 Å². The summed E-state index contributed by atoms with van der Waals surface area (Å²) in [5, 5.41) is 0. The van der Waals surface area contributed by atoms with Gasteiger partial charge in [-0.15, -0.1) is 0 Å². The van der Waals surface area contributed by atoms with Gasteiger partial charge < -0.3 is 4.74 Å². The molecule has 0 spiro atoms. The third-order valence-electron chi connectivity index (χ3n) is 2.86. The van der Waals surface area contributed by atoms with Gasteiger partial charge in [0.2, 0.25) is 0 Å². The number of halogens is 1. The number of aryl methyl sites for hydroxylation is 1. The summed E-state index contributed by atoms with van der Waals surface area (Å²) in [4.78, 5) is 11.9. The van der Waals surface area contributed by atoms with E-state index in [0.717, 1.165) is 15.7 Å². The van der Waals surface area contributed by atoms with Crippen molar-refractivity contribution in [2.24, 2.45) is 0 Å². The molecule has 2 aromatic rings. The van der Waals surface area contributed by atoms with Crippen LogP contribution >= 0.6 is 22.6 Å². The normalized spacial score (nSPS) is 10.2. The molecule has 98 valence electrons. The van der Waals surface area contributed by atoms with Crippen LogP contribution in [0.25, 0.3) is 0 Å². The summed E-state index contributed by atoms with van der Waals surface area (Å²) in [6.07, 6.45) is 0.999. The molecule has 2 rings (SSSR count). The number of rotatable bonds is 5. The van der Waals surface area contributed by atoms with E-state index in [1.807, 2.05) is 30.3 Å². The average Bonchev–Trinajstić information content (AvgIpc) is 2.46. The maximum absolute atomic E-state index is 11.9. The maximum atomic E-state index is 11.9. The van der Waals surface area contributed by atoms with Crippen LogP contribution in [-0.4, -0.2) is 12.4 Å².